The number of rotatable bonds is 6. The van der Waals surface area contributed by atoms with Gasteiger partial charge in [0.15, 0.2) is 0 Å². The first-order chi connectivity index (χ1) is 12.0. The van der Waals surface area contributed by atoms with Gasteiger partial charge >= 0.3 is 6.03 Å². The number of nitrogens with two attached hydrogens (primary N) is 1. The summed E-state index contributed by atoms with van der Waals surface area (Å²) in [7, 11) is 0. The smallest absolute Gasteiger partial charge is 0.317 e. The third-order valence-electron chi connectivity index (χ3n) is 5.37. The van der Waals surface area contributed by atoms with Crippen LogP contribution >= 0.6 is 12.4 Å². The van der Waals surface area contributed by atoms with E-state index < -0.39 is 0 Å². The van der Waals surface area contributed by atoms with Crippen LogP contribution in [0.15, 0.2) is 24.3 Å². The van der Waals surface area contributed by atoms with Gasteiger partial charge in [-0.1, -0.05) is 24.3 Å². The summed E-state index contributed by atoms with van der Waals surface area (Å²) in [5, 5.41) is 5.90. The standard InChI is InChI=1S/C19H28N4O2.ClH/c1-19(13-20,16-6-7-16)22-17(24)8-10-21-18(25)23-11-9-14-4-2-3-5-15(14)12-23;/h2-5,16H,6-13,20H2,1H3,(H,21,25)(H,22,24);1H. The highest BCUT2D eigenvalue weighted by Crippen LogP contribution is 2.38. The lowest BCUT2D eigenvalue weighted by molar-refractivity contribution is -0.122. The molecule has 1 aliphatic carbocycles. The summed E-state index contributed by atoms with van der Waals surface area (Å²) in [6, 6.07) is 8.10. The van der Waals surface area contributed by atoms with Crippen molar-refractivity contribution in [1.82, 2.24) is 15.5 Å². The van der Waals surface area contributed by atoms with Crippen molar-refractivity contribution < 1.29 is 9.59 Å². The molecule has 1 unspecified atom stereocenters. The lowest BCUT2D eigenvalue weighted by Crippen LogP contribution is -2.53. The minimum atomic E-state index is -0.308. The number of amides is 3. The first-order valence-electron chi connectivity index (χ1n) is 9.12. The third kappa shape index (κ3) is 4.89. The van der Waals surface area contributed by atoms with Gasteiger partial charge in [0.05, 0.1) is 5.54 Å². The average molecular weight is 381 g/mol. The molecule has 1 aromatic rings. The van der Waals surface area contributed by atoms with Crippen molar-refractivity contribution in [1.29, 1.82) is 0 Å². The van der Waals surface area contributed by atoms with Crippen LogP contribution in [0.4, 0.5) is 4.79 Å². The third-order valence-corrected chi connectivity index (χ3v) is 5.37. The monoisotopic (exact) mass is 380 g/mol. The lowest BCUT2D eigenvalue weighted by atomic mass is 9.96. The molecule has 7 heteroatoms. The lowest BCUT2D eigenvalue weighted by Gasteiger charge is -2.30. The molecular formula is C19H29ClN4O2. The van der Waals surface area contributed by atoms with Gasteiger partial charge in [-0.15, -0.1) is 12.4 Å². The molecule has 0 radical (unpaired) electrons. The number of nitrogens with one attached hydrogen (secondary N) is 2. The topological polar surface area (TPSA) is 87.5 Å². The molecule has 1 aromatic carbocycles. The fourth-order valence-corrected chi connectivity index (χ4v) is 3.49. The molecule has 0 spiro atoms. The molecule has 0 bridgehead atoms. The zero-order valence-electron chi connectivity index (χ0n) is 15.3. The number of urea groups is 1. The number of benzene rings is 1. The molecule has 6 nitrogen and oxygen atoms in total. The van der Waals surface area contributed by atoms with Gasteiger partial charge in [0.2, 0.25) is 5.91 Å². The van der Waals surface area contributed by atoms with Gasteiger partial charge in [-0.25, -0.2) is 4.79 Å². The highest BCUT2D eigenvalue weighted by atomic mass is 35.5. The van der Waals surface area contributed by atoms with Gasteiger partial charge in [0, 0.05) is 32.6 Å². The molecule has 1 aliphatic heterocycles. The van der Waals surface area contributed by atoms with Crippen LogP contribution in [0.1, 0.15) is 37.3 Å². The number of carbonyl (C=O) groups is 2. The molecule has 144 valence electrons. The van der Waals surface area contributed by atoms with Crippen LogP contribution in [0.3, 0.4) is 0 Å². The molecule has 0 aromatic heterocycles. The molecule has 26 heavy (non-hydrogen) atoms. The van der Waals surface area contributed by atoms with Gasteiger partial charge < -0.3 is 21.3 Å². The fourth-order valence-electron chi connectivity index (χ4n) is 3.49. The molecule has 1 atom stereocenters. The van der Waals surface area contributed by atoms with E-state index in [2.05, 4.69) is 22.8 Å². The highest BCUT2D eigenvalue weighted by molar-refractivity contribution is 5.85. The Morgan fingerprint density at radius 3 is 2.62 bits per heavy atom. The molecule has 1 fully saturated rings. The van der Waals surface area contributed by atoms with Crippen molar-refractivity contribution >= 4 is 24.3 Å². The predicted octanol–water partition coefficient (Wildman–Crippen LogP) is 1.81. The maximum absolute atomic E-state index is 12.3. The summed E-state index contributed by atoms with van der Waals surface area (Å²) in [4.78, 5) is 26.3. The number of nitrogens with zero attached hydrogens (tertiary/aromatic N) is 1. The second-order valence-electron chi connectivity index (χ2n) is 7.37. The molecule has 3 rings (SSSR count). The molecule has 2 aliphatic rings. The zero-order chi connectivity index (χ0) is 17.9. The highest BCUT2D eigenvalue weighted by Gasteiger charge is 2.41. The summed E-state index contributed by atoms with van der Waals surface area (Å²) in [6.45, 7) is 4.13. The molecule has 4 N–H and O–H groups in total. The largest absolute Gasteiger partial charge is 0.349 e. The van der Waals surface area contributed by atoms with E-state index in [1.54, 1.807) is 4.90 Å². The second-order valence-corrected chi connectivity index (χ2v) is 7.37. The van der Waals surface area contributed by atoms with Crippen molar-refractivity contribution in [2.45, 2.75) is 44.7 Å². The maximum Gasteiger partial charge on any atom is 0.317 e. The van der Waals surface area contributed by atoms with Crippen molar-refractivity contribution in [3.05, 3.63) is 35.4 Å². The minimum Gasteiger partial charge on any atom is -0.349 e. The number of carbonyl (C=O) groups excluding carboxylic acids is 2. The van der Waals surface area contributed by atoms with Crippen LogP contribution in [-0.2, 0) is 17.8 Å². The summed E-state index contributed by atoms with van der Waals surface area (Å²) < 4.78 is 0. The van der Waals surface area contributed by atoms with Crippen LogP contribution < -0.4 is 16.4 Å². The van der Waals surface area contributed by atoms with Crippen LogP contribution in [-0.4, -0.2) is 42.0 Å². The number of fused-ring (bicyclic) bond motifs is 1. The predicted molar refractivity (Wildman–Crippen MR) is 104 cm³/mol. The van der Waals surface area contributed by atoms with Gasteiger partial charge in [-0.05, 0) is 43.2 Å². The normalized spacial score (nSPS) is 18.2. The number of halogens is 1. The van der Waals surface area contributed by atoms with E-state index in [1.165, 1.54) is 11.1 Å². The van der Waals surface area contributed by atoms with Gasteiger partial charge in [0.1, 0.15) is 0 Å². The SMILES string of the molecule is CC(CN)(NC(=O)CCNC(=O)N1CCc2ccccc2C1)C1CC1.Cl. The van der Waals surface area contributed by atoms with E-state index in [0.717, 1.165) is 19.3 Å². The Hall–Kier alpha value is -1.79. The number of hydrogen-bond acceptors (Lipinski definition) is 3. The summed E-state index contributed by atoms with van der Waals surface area (Å²) in [5.74, 6) is 0.439. The Bertz CT molecular complexity index is 650. The van der Waals surface area contributed by atoms with Crippen LogP contribution in [0.2, 0.25) is 0 Å². The van der Waals surface area contributed by atoms with Crippen molar-refractivity contribution in [3.8, 4) is 0 Å². The van der Waals surface area contributed by atoms with E-state index in [0.29, 0.717) is 32.1 Å². The van der Waals surface area contributed by atoms with Crippen LogP contribution in [0.5, 0.6) is 0 Å². The first-order valence-corrected chi connectivity index (χ1v) is 9.12. The summed E-state index contributed by atoms with van der Waals surface area (Å²) in [6.07, 6.45) is 3.40. The van der Waals surface area contributed by atoms with E-state index in [9.17, 15) is 9.59 Å². The molecule has 1 heterocycles. The average Bonchev–Trinajstić information content (AvgIpc) is 3.46. The van der Waals surface area contributed by atoms with Gasteiger partial charge in [-0.2, -0.15) is 0 Å². The molecular weight excluding hydrogens is 352 g/mol. The summed E-state index contributed by atoms with van der Waals surface area (Å²) >= 11 is 0. The van der Waals surface area contributed by atoms with Crippen LogP contribution in [0.25, 0.3) is 0 Å². The van der Waals surface area contributed by atoms with E-state index >= 15 is 0 Å². The zero-order valence-corrected chi connectivity index (χ0v) is 16.1. The van der Waals surface area contributed by atoms with Crippen molar-refractivity contribution in [3.63, 3.8) is 0 Å². The van der Waals surface area contributed by atoms with E-state index in [1.807, 2.05) is 19.1 Å². The molecule has 3 amide bonds. The Morgan fingerprint density at radius 2 is 1.96 bits per heavy atom. The first kappa shape index (κ1) is 20.5. The second kappa shape index (κ2) is 8.73. The minimum absolute atomic E-state index is 0. The Kier molecular flexibility index (Phi) is 6.89. The van der Waals surface area contributed by atoms with Crippen molar-refractivity contribution in [2.75, 3.05) is 19.6 Å². The van der Waals surface area contributed by atoms with Crippen molar-refractivity contribution in [2.24, 2.45) is 11.7 Å². The van der Waals surface area contributed by atoms with E-state index in [4.69, 9.17) is 5.73 Å². The van der Waals surface area contributed by atoms with Gasteiger partial charge in [-0.3, -0.25) is 4.79 Å². The Morgan fingerprint density at radius 1 is 1.27 bits per heavy atom. The van der Waals surface area contributed by atoms with E-state index in [-0.39, 0.29) is 36.3 Å². The fraction of sp³-hybridized carbons (Fsp3) is 0.579. The molecule has 1 saturated carbocycles. The maximum atomic E-state index is 12.3. The van der Waals surface area contributed by atoms with Crippen LogP contribution in [0, 0.1) is 5.92 Å². The summed E-state index contributed by atoms with van der Waals surface area (Å²) in [5.41, 5.74) is 8.02. The quantitative estimate of drug-likeness (QED) is 0.703. The number of hydrogen-bond donors (Lipinski definition) is 3. The Labute approximate surface area is 161 Å². The Balaban J connectivity index is 0.00000243. The van der Waals surface area contributed by atoms with Gasteiger partial charge in [0.25, 0.3) is 0 Å². The molecule has 0 saturated heterocycles.